The predicted molar refractivity (Wildman–Crippen MR) is 78.8 cm³/mol. The summed E-state index contributed by atoms with van der Waals surface area (Å²) >= 11 is 0. The van der Waals surface area contributed by atoms with Crippen LogP contribution in [0.3, 0.4) is 0 Å². The molecule has 1 fully saturated rings. The summed E-state index contributed by atoms with van der Waals surface area (Å²) in [6, 6.07) is 4.39. The molecule has 0 atom stereocenters. The van der Waals surface area contributed by atoms with Gasteiger partial charge in [0.2, 0.25) is 5.91 Å². The van der Waals surface area contributed by atoms with Crippen LogP contribution in [0, 0.1) is 5.82 Å². The van der Waals surface area contributed by atoms with Crippen molar-refractivity contribution in [2.24, 2.45) is 0 Å². The molecule has 23 heavy (non-hydrogen) atoms. The van der Waals surface area contributed by atoms with Crippen LogP contribution < -0.4 is 5.32 Å². The maximum atomic E-state index is 13.0. The summed E-state index contributed by atoms with van der Waals surface area (Å²) in [6.45, 7) is 1.43. The highest BCUT2D eigenvalue weighted by molar-refractivity contribution is 6.45. The molecule has 8 heteroatoms. The molecule has 0 bridgehead atoms. The number of hydrogen-bond donors (Lipinski definition) is 1. The van der Waals surface area contributed by atoms with Gasteiger partial charge in [-0.3, -0.25) is 19.3 Å². The first kappa shape index (κ1) is 16.6. The summed E-state index contributed by atoms with van der Waals surface area (Å²) in [5.74, 6) is -3.18. The van der Waals surface area contributed by atoms with Gasteiger partial charge in [-0.15, -0.1) is 0 Å². The molecule has 1 aliphatic rings. The van der Waals surface area contributed by atoms with E-state index in [9.17, 15) is 23.6 Å². The van der Waals surface area contributed by atoms with E-state index in [0.29, 0.717) is 11.3 Å². The van der Waals surface area contributed by atoms with Gasteiger partial charge in [0, 0.05) is 12.2 Å². The number of anilines is 1. The predicted octanol–water partition coefficient (Wildman–Crippen LogP) is 1.36. The second-order valence-corrected chi connectivity index (χ2v) is 5.04. The molecule has 1 aromatic carbocycles. The highest BCUT2D eigenvalue weighted by Crippen LogP contribution is 2.14. The Kier molecular flexibility index (Phi) is 5.05. The van der Waals surface area contributed by atoms with Crippen LogP contribution in [0.2, 0.25) is 0 Å². The Morgan fingerprint density at radius 3 is 2.52 bits per heavy atom. The lowest BCUT2D eigenvalue weighted by Crippen LogP contribution is -2.39. The van der Waals surface area contributed by atoms with Crippen LogP contribution >= 0.6 is 0 Å². The number of urea groups is 1. The standard InChI is InChI=1S/C15H16FN3O4/c1-2-3-7-18-13(21)14(22)19(15(18)23)9-12(20)17-11-6-4-5-10(16)8-11/h4-6,8H,2-3,7,9H2,1H3,(H,17,20). The van der Waals surface area contributed by atoms with Crippen molar-refractivity contribution < 1.29 is 23.6 Å². The fourth-order valence-corrected chi connectivity index (χ4v) is 2.11. The summed E-state index contributed by atoms with van der Waals surface area (Å²) in [5.41, 5.74) is 0.197. The number of hydrogen-bond acceptors (Lipinski definition) is 4. The third kappa shape index (κ3) is 3.71. The van der Waals surface area contributed by atoms with Crippen LogP contribution in [-0.4, -0.2) is 46.6 Å². The van der Waals surface area contributed by atoms with E-state index in [-0.39, 0.29) is 12.2 Å². The van der Waals surface area contributed by atoms with Gasteiger partial charge in [-0.05, 0) is 24.6 Å². The van der Waals surface area contributed by atoms with E-state index in [0.717, 1.165) is 17.4 Å². The molecule has 0 spiro atoms. The Bertz CT molecular complexity index is 662. The number of nitrogens with one attached hydrogen (secondary N) is 1. The van der Waals surface area contributed by atoms with Crippen molar-refractivity contribution in [3.63, 3.8) is 0 Å². The van der Waals surface area contributed by atoms with Crippen molar-refractivity contribution in [3.8, 4) is 0 Å². The maximum Gasteiger partial charge on any atom is 0.334 e. The van der Waals surface area contributed by atoms with Gasteiger partial charge >= 0.3 is 17.8 Å². The lowest BCUT2D eigenvalue weighted by molar-refractivity contribution is -0.143. The molecule has 122 valence electrons. The summed E-state index contributed by atoms with van der Waals surface area (Å²) in [7, 11) is 0. The molecule has 2 rings (SSSR count). The molecule has 0 radical (unpaired) electrons. The van der Waals surface area contributed by atoms with Gasteiger partial charge in [0.25, 0.3) is 0 Å². The molecule has 1 heterocycles. The lowest BCUT2D eigenvalue weighted by Gasteiger charge is -2.15. The average molecular weight is 321 g/mol. The van der Waals surface area contributed by atoms with Gasteiger partial charge < -0.3 is 5.32 Å². The summed E-state index contributed by atoms with van der Waals surface area (Å²) in [5, 5.41) is 2.37. The van der Waals surface area contributed by atoms with E-state index >= 15 is 0 Å². The Labute approximate surface area is 132 Å². The van der Waals surface area contributed by atoms with E-state index < -0.39 is 36.1 Å². The Morgan fingerprint density at radius 2 is 1.87 bits per heavy atom. The molecule has 1 aromatic rings. The van der Waals surface area contributed by atoms with Gasteiger partial charge in [0.05, 0.1) is 0 Å². The van der Waals surface area contributed by atoms with Crippen molar-refractivity contribution in [3.05, 3.63) is 30.1 Å². The van der Waals surface area contributed by atoms with E-state index in [1.165, 1.54) is 18.2 Å². The third-order valence-corrected chi connectivity index (χ3v) is 3.28. The smallest absolute Gasteiger partial charge is 0.324 e. The molecule has 1 saturated heterocycles. The summed E-state index contributed by atoms with van der Waals surface area (Å²) in [6.07, 6.45) is 1.33. The van der Waals surface area contributed by atoms with E-state index in [2.05, 4.69) is 5.32 Å². The monoisotopic (exact) mass is 321 g/mol. The molecule has 0 aliphatic carbocycles. The first-order chi connectivity index (χ1) is 10.9. The molecule has 1 aliphatic heterocycles. The van der Waals surface area contributed by atoms with E-state index in [4.69, 9.17) is 0 Å². The first-order valence-electron chi connectivity index (χ1n) is 7.16. The second kappa shape index (κ2) is 6.99. The number of carbonyl (C=O) groups is 4. The zero-order valence-electron chi connectivity index (χ0n) is 12.5. The van der Waals surface area contributed by atoms with E-state index in [1.807, 2.05) is 6.92 Å². The normalized spacial score (nSPS) is 14.6. The summed E-state index contributed by atoms with van der Waals surface area (Å²) in [4.78, 5) is 48.9. The molecular formula is C15H16FN3O4. The van der Waals surface area contributed by atoms with Gasteiger partial charge in [0.1, 0.15) is 12.4 Å². The number of unbranched alkanes of at least 4 members (excludes halogenated alkanes) is 1. The SMILES string of the molecule is CCCCN1C(=O)C(=O)N(CC(=O)Nc2cccc(F)c2)C1=O. The van der Waals surface area contributed by atoms with Crippen molar-refractivity contribution in [2.75, 3.05) is 18.4 Å². The molecule has 5 amide bonds. The van der Waals surface area contributed by atoms with Gasteiger partial charge in [0.15, 0.2) is 0 Å². The van der Waals surface area contributed by atoms with Gasteiger partial charge in [-0.2, -0.15) is 0 Å². The van der Waals surface area contributed by atoms with Crippen molar-refractivity contribution in [1.29, 1.82) is 0 Å². The quantitative estimate of drug-likeness (QED) is 0.633. The Balaban J connectivity index is 2.01. The van der Waals surface area contributed by atoms with Crippen molar-refractivity contribution >= 4 is 29.4 Å². The molecule has 0 aromatic heterocycles. The van der Waals surface area contributed by atoms with Gasteiger partial charge in [-0.25, -0.2) is 14.1 Å². The average Bonchev–Trinajstić information content (AvgIpc) is 2.69. The zero-order chi connectivity index (χ0) is 17.0. The zero-order valence-corrected chi connectivity index (χ0v) is 12.5. The number of imide groups is 2. The number of rotatable bonds is 6. The van der Waals surface area contributed by atoms with Gasteiger partial charge in [-0.1, -0.05) is 19.4 Å². The highest BCUT2D eigenvalue weighted by Gasteiger charge is 2.44. The van der Waals surface area contributed by atoms with Crippen LogP contribution in [0.1, 0.15) is 19.8 Å². The van der Waals surface area contributed by atoms with Crippen LogP contribution in [0.25, 0.3) is 0 Å². The van der Waals surface area contributed by atoms with E-state index in [1.54, 1.807) is 0 Å². The van der Waals surface area contributed by atoms with Crippen LogP contribution in [0.5, 0.6) is 0 Å². The lowest BCUT2D eigenvalue weighted by atomic mass is 10.3. The highest BCUT2D eigenvalue weighted by atomic mass is 19.1. The van der Waals surface area contributed by atoms with Crippen molar-refractivity contribution in [1.82, 2.24) is 9.80 Å². The number of amides is 5. The number of benzene rings is 1. The molecule has 7 nitrogen and oxygen atoms in total. The molecule has 1 N–H and O–H groups in total. The minimum atomic E-state index is -1.03. The minimum Gasteiger partial charge on any atom is -0.324 e. The largest absolute Gasteiger partial charge is 0.334 e. The third-order valence-electron chi connectivity index (χ3n) is 3.28. The Hall–Kier alpha value is -2.77. The van der Waals surface area contributed by atoms with Crippen LogP contribution in [0.15, 0.2) is 24.3 Å². The maximum absolute atomic E-state index is 13.0. The summed E-state index contributed by atoms with van der Waals surface area (Å²) < 4.78 is 13.0. The first-order valence-corrected chi connectivity index (χ1v) is 7.16. The van der Waals surface area contributed by atoms with Crippen LogP contribution in [-0.2, 0) is 14.4 Å². The molecular weight excluding hydrogens is 305 g/mol. The number of halogens is 1. The number of nitrogens with zero attached hydrogens (tertiary/aromatic N) is 2. The second-order valence-electron chi connectivity index (χ2n) is 5.04. The Morgan fingerprint density at radius 1 is 1.17 bits per heavy atom. The van der Waals surface area contributed by atoms with Crippen molar-refractivity contribution in [2.45, 2.75) is 19.8 Å². The minimum absolute atomic E-state index is 0.141. The fraction of sp³-hybridized carbons (Fsp3) is 0.333. The molecule has 0 saturated carbocycles. The fourth-order valence-electron chi connectivity index (χ4n) is 2.11. The number of carbonyl (C=O) groups excluding carboxylic acids is 4. The topological polar surface area (TPSA) is 86.8 Å². The van der Waals surface area contributed by atoms with Crippen LogP contribution in [0.4, 0.5) is 14.9 Å². The molecule has 0 unspecified atom stereocenters.